The molecule has 0 unspecified atom stereocenters. The van der Waals surface area contributed by atoms with E-state index in [-0.39, 0.29) is 17.3 Å². The summed E-state index contributed by atoms with van der Waals surface area (Å²) in [4.78, 5) is 15.5. The molecule has 6 bridgehead atoms. The predicted molar refractivity (Wildman–Crippen MR) is 79.5 cm³/mol. The first-order chi connectivity index (χ1) is 10.3. The summed E-state index contributed by atoms with van der Waals surface area (Å²) in [6.45, 7) is 0. The summed E-state index contributed by atoms with van der Waals surface area (Å²) in [6.07, 6.45) is 7.44. The second kappa shape index (κ2) is 4.52. The van der Waals surface area contributed by atoms with Gasteiger partial charge in [0.15, 0.2) is 11.5 Å². The van der Waals surface area contributed by atoms with Gasteiger partial charge < -0.3 is 13.8 Å². The fourth-order valence-electron chi connectivity index (χ4n) is 2.22. The zero-order valence-corrected chi connectivity index (χ0v) is 11.0. The standard InChI is InChI=1S/C17H11NO3/c19-17-15-9-7-13(20-15)5-3-11-1-2-12(18-11)4-6-14-8-10-16(17)21-14/h1-10,18H/b5-3-,6-4-. The molecule has 1 N–H and O–H groups in total. The van der Waals surface area contributed by atoms with Crippen LogP contribution < -0.4 is 0 Å². The molecule has 1 aliphatic heterocycles. The van der Waals surface area contributed by atoms with Crippen LogP contribution in [-0.2, 0) is 0 Å². The van der Waals surface area contributed by atoms with Crippen LogP contribution in [0.4, 0.5) is 0 Å². The molecule has 3 aromatic heterocycles. The van der Waals surface area contributed by atoms with E-state index in [0.717, 1.165) is 11.4 Å². The number of H-pyrrole nitrogens is 1. The van der Waals surface area contributed by atoms with Crippen molar-refractivity contribution in [3.63, 3.8) is 0 Å². The zero-order valence-electron chi connectivity index (χ0n) is 11.0. The lowest BCUT2D eigenvalue weighted by Crippen LogP contribution is -1.96. The summed E-state index contributed by atoms with van der Waals surface area (Å²) in [5.41, 5.74) is 1.91. The summed E-state index contributed by atoms with van der Waals surface area (Å²) >= 11 is 0. The van der Waals surface area contributed by atoms with E-state index in [2.05, 4.69) is 4.98 Å². The van der Waals surface area contributed by atoms with Gasteiger partial charge in [-0.3, -0.25) is 4.79 Å². The van der Waals surface area contributed by atoms with Gasteiger partial charge in [0, 0.05) is 11.4 Å². The van der Waals surface area contributed by atoms with Crippen molar-refractivity contribution >= 4 is 30.1 Å². The summed E-state index contributed by atoms with van der Waals surface area (Å²) < 4.78 is 11.1. The Morgan fingerprint density at radius 1 is 0.667 bits per heavy atom. The van der Waals surface area contributed by atoms with Crippen molar-refractivity contribution in [3.05, 3.63) is 70.8 Å². The summed E-state index contributed by atoms with van der Waals surface area (Å²) in [7, 11) is 0. The average molecular weight is 277 g/mol. The van der Waals surface area contributed by atoms with E-state index >= 15 is 0 Å². The third kappa shape index (κ3) is 2.17. The van der Waals surface area contributed by atoms with Crippen LogP contribution in [0.2, 0.25) is 0 Å². The Morgan fingerprint density at radius 2 is 1.19 bits per heavy atom. The molecule has 0 amide bonds. The molecule has 1 aliphatic rings. The lowest BCUT2D eigenvalue weighted by Gasteiger charge is -1.93. The first-order valence-corrected chi connectivity index (χ1v) is 6.57. The van der Waals surface area contributed by atoms with Gasteiger partial charge in [0.25, 0.3) is 5.78 Å². The third-order valence-electron chi connectivity index (χ3n) is 3.29. The van der Waals surface area contributed by atoms with Gasteiger partial charge in [-0.05, 0) is 60.7 Å². The van der Waals surface area contributed by atoms with Crippen molar-refractivity contribution < 1.29 is 13.6 Å². The van der Waals surface area contributed by atoms with Crippen LogP contribution in [0.5, 0.6) is 0 Å². The van der Waals surface area contributed by atoms with Crippen LogP contribution in [-0.4, -0.2) is 10.8 Å². The van der Waals surface area contributed by atoms with Crippen LogP contribution in [0.25, 0.3) is 24.3 Å². The van der Waals surface area contributed by atoms with Crippen molar-refractivity contribution in [2.24, 2.45) is 0 Å². The normalized spacial score (nSPS) is 16.5. The Morgan fingerprint density at radius 3 is 1.71 bits per heavy atom. The van der Waals surface area contributed by atoms with E-state index in [9.17, 15) is 4.79 Å². The Hall–Kier alpha value is -3.01. The lowest BCUT2D eigenvalue weighted by molar-refractivity contribution is 0.0982. The lowest BCUT2D eigenvalue weighted by atomic mass is 10.2. The highest BCUT2D eigenvalue weighted by atomic mass is 16.4. The van der Waals surface area contributed by atoms with Crippen molar-refractivity contribution in [2.75, 3.05) is 0 Å². The maximum absolute atomic E-state index is 12.2. The molecule has 0 saturated carbocycles. The molecule has 4 heterocycles. The van der Waals surface area contributed by atoms with E-state index in [0.29, 0.717) is 11.5 Å². The number of ketones is 1. The number of furan rings is 2. The number of aromatic nitrogens is 1. The summed E-state index contributed by atoms with van der Waals surface area (Å²) in [6, 6.07) is 10.8. The van der Waals surface area contributed by atoms with Gasteiger partial charge in [0.05, 0.1) is 0 Å². The molecule has 0 saturated heterocycles. The average Bonchev–Trinajstić information content (AvgIpc) is 3.21. The zero-order chi connectivity index (χ0) is 14.2. The molecule has 0 atom stereocenters. The molecule has 0 fully saturated rings. The van der Waals surface area contributed by atoms with Gasteiger partial charge >= 0.3 is 0 Å². The number of hydrogen-bond acceptors (Lipinski definition) is 3. The van der Waals surface area contributed by atoms with E-state index in [4.69, 9.17) is 8.83 Å². The highest BCUT2D eigenvalue weighted by Gasteiger charge is 2.17. The highest BCUT2D eigenvalue weighted by Crippen LogP contribution is 2.19. The smallest absolute Gasteiger partial charge is 0.263 e. The fraction of sp³-hybridized carbons (Fsp3) is 0. The molecular formula is C17H11NO3. The molecule has 4 heteroatoms. The number of rotatable bonds is 0. The van der Waals surface area contributed by atoms with Crippen LogP contribution in [0.3, 0.4) is 0 Å². The van der Waals surface area contributed by atoms with Crippen molar-refractivity contribution in [1.29, 1.82) is 0 Å². The first kappa shape index (κ1) is 11.8. The molecule has 4 nitrogen and oxygen atoms in total. The van der Waals surface area contributed by atoms with Gasteiger partial charge in [-0.15, -0.1) is 0 Å². The van der Waals surface area contributed by atoms with Crippen molar-refractivity contribution in [2.45, 2.75) is 0 Å². The minimum Gasteiger partial charge on any atom is -0.453 e. The van der Waals surface area contributed by atoms with Gasteiger partial charge in [0.2, 0.25) is 0 Å². The van der Waals surface area contributed by atoms with Gasteiger partial charge in [-0.1, -0.05) is 0 Å². The molecule has 3 aromatic rings. The van der Waals surface area contributed by atoms with E-state index in [1.807, 2.05) is 36.4 Å². The number of nitrogens with one attached hydrogen (secondary N) is 1. The molecule has 21 heavy (non-hydrogen) atoms. The summed E-state index contributed by atoms with van der Waals surface area (Å²) in [5.74, 6) is 1.51. The van der Waals surface area contributed by atoms with Crippen LogP contribution >= 0.6 is 0 Å². The molecule has 0 aromatic carbocycles. The van der Waals surface area contributed by atoms with Crippen LogP contribution in [0.15, 0.2) is 45.2 Å². The second-order valence-electron chi connectivity index (χ2n) is 4.77. The minimum absolute atomic E-state index is 0.258. The van der Waals surface area contributed by atoms with Crippen LogP contribution in [0, 0.1) is 0 Å². The number of carbonyl (C=O) groups is 1. The van der Waals surface area contributed by atoms with Gasteiger partial charge in [-0.2, -0.15) is 0 Å². The van der Waals surface area contributed by atoms with Crippen molar-refractivity contribution in [1.82, 2.24) is 4.98 Å². The topological polar surface area (TPSA) is 59.1 Å². The Kier molecular flexibility index (Phi) is 2.54. The molecule has 0 spiro atoms. The Bertz CT molecular complexity index is 805. The van der Waals surface area contributed by atoms with Crippen LogP contribution in [0.1, 0.15) is 39.2 Å². The monoisotopic (exact) mass is 277 g/mol. The Labute approximate surface area is 120 Å². The molecule has 0 radical (unpaired) electrons. The van der Waals surface area contributed by atoms with E-state index < -0.39 is 0 Å². The van der Waals surface area contributed by atoms with E-state index in [1.54, 1.807) is 24.3 Å². The van der Waals surface area contributed by atoms with Crippen molar-refractivity contribution in [3.8, 4) is 0 Å². The fourth-order valence-corrected chi connectivity index (χ4v) is 2.22. The summed E-state index contributed by atoms with van der Waals surface area (Å²) in [5, 5.41) is 0. The third-order valence-corrected chi connectivity index (χ3v) is 3.29. The highest BCUT2D eigenvalue weighted by molar-refractivity contribution is 6.05. The van der Waals surface area contributed by atoms with Gasteiger partial charge in [0.1, 0.15) is 11.5 Å². The maximum atomic E-state index is 12.2. The number of hydrogen-bond donors (Lipinski definition) is 1. The molecule has 102 valence electrons. The van der Waals surface area contributed by atoms with Gasteiger partial charge in [-0.25, -0.2) is 0 Å². The largest absolute Gasteiger partial charge is 0.453 e. The number of fused-ring (bicyclic) bond motifs is 6. The minimum atomic E-state index is -0.258. The molecule has 4 rings (SSSR count). The second-order valence-corrected chi connectivity index (χ2v) is 4.77. The predicted octanol–water partition coefficient (Wildman–Crippen LogP) is 4.09. The first-order valence-electron chi connectivity index (χ1n) is 6.57. The number of carbonyl (C=O) groups excluding carboxylic acids is 1. The SMILES string of the molecule is O=C1c2ccc(o2)/C=C\c2ccc([nH]2)/C=C\c2ccc1o2. The number of aromatic amines is 1. The molecule has 0 aliphatic carbocycles. The van der Waals surface area contributed by atoms with E-state index in [1.165, 1.54) is 0 Å². The molecular weight excluding hydrogens is 266 g/mol. The Balaban J connectivity index is 1.87. The quantitative estimate of drug-likeness (QED) is 0.526. The maximum Gasteiger partial charge on any atom is 0.263 e.